The fraction of sp³-hybridized carbons (Fsp3) is 0.371. The van der Waals surface area contributed by atoms with E-state index in [9.17, 15) is 14.7 Å². The number of ketones is 1. The van der Waals surface area contributed by atoms with E-state index < -0.39 is 17.7 Å². The molecule has 7 nitrogen and oxygen atoms in total. The van der Waals surface area contributed by atoms with Crippen molar-refractivity contribution in [2.24, 2.45) is 0 Å². The molecule has 3 aromatic carbocycles. The van der Waals surface area contributed by atoms with Crippen LogP contribution in [0.15, 0.2) is 84.4 Å². The highest BCUT2D eigenvalue weighted by atomic mass is 16.5. The van der Waals surface area contributed by atoms with E-state index in [0.29, 0.717) is 43.2 Å². The maximum Gasteiger partial charge on any atom is 0.295 e. The molecule has 0 aliphatic carbocycles. The number of benzene rings is 3. The van der Waals surface area contributed by atoms with Gasteiger partial charge in [-0.25, -0.2) is 0 Å². The number of ether oxygens (including phenoxy) is 2. The highest BCUT2D eigenvalue weighted by molar-refractivity contribution is 6.46. The van der Waals surface area contributed by atoms with Crippen molar-refractivity contribution in [3.05, 3.63) is 101 Å². The monoisotopic (exact) mass is 570 g/mol. The number of likely N-dealkylation sites (tertiary alicyclic amines) is 1. The van der Waals surface area contributed by atoms with Crippen LogP contribution in [-0.4, -0.2) is 59.4 Å². The number of nitrogens with zero attached hydrogens (tertiary/aromatic N) is 2. The smallest absolute Gasteiger partial charge is 0.295 e. The second kappa shape index (κ2) is 15.2. The van der Waals surface area contributed by atoms with Crippen LogP contribution < -0.4 is 9.47 Å². The molecule has 7 heteroatoms. The van der Waals surface area contributed by atoms with Crippen molar-refractivity contribution < 1.29 is 24.2 Å². The van der Waals surface area contributed by atoms with E-state index in [-0.39, 0.29) is 11.3 Å². The van der Waals surface area contributed by atoms with Gasteiger partial charge in [0.15, 0.2) is 0 Å². The summed E-state index contributed by atoms with van der Waals surface area (Å²) in [6.07, 6.45) is 2.71. The Hall–Kier alpha value is -4.10. The van der Waals surface area contributed by atoms with Crippen molar-refractivity contribution in [1.82, 2.24) is 9.80 Å². The lowest BCUT2D eigenvalue weighted by molar-refractivity contribution is -0.140. The van der Waals surface area contributed by atoms with Crippen molar-refractivity contribution in [3.8, 4) is 11.5 Å². The molecular formula is C35H42N2O5. The fourth-order valence-electron chi connectivity index (χ4n) is 5.15. The summed E-state index contributed by atoms with van der Waals surface area (Å²) in [5.74, 6) is -0.0774. The molecule has 42 heavy (non-hydrogen) atoms. The van der Waals surface area contributed by atoms with Gasteiger partial charge in [0, 0.05) is 12.1 Å². The highest BCUT2D eigenvalue weighted by Gasteiger charge is 2.45. The van der Waals surface area contributed by atoms with Crippen LogP contribution >= 0.6 is 0 Å². The van der Waals surface area contributed by atoms with Crippen LogP contribution in [0.4, 0.5) is 0 Å². The van der Waals surface area contributed by atoms with Gasteiger partial charge in [-0.2, -0.15) is 0 Å². The summed E-state index contributed by atoms with van der Waals surface area (Å²) in [4.78, 5) is 30.7. The van der Waals surface area contributed by atoms with Gasteiger partial charge < -0.3 is 24.4 Å². The van der Waals surface area contributed by atoms with Gasteiger partial charge in [0.05, 0.1) is 18.2 Å². The van der Waals surface area contributed by atoms with Gasteiger partial charge in [-0.1, -0.05) is 69.7 Å². The van der Waals surface area contributed by atoms with Gasteiger partial charge in [0.25, 0.3) is 11.7 Å². The molecule has 1 heterocycles. The maximum atomic E-state index is 13.4. The minimum Gasteiger partial charge on any atom is -0.507 e. The van der Waals surface area contributed by atoms with Crippen LogP contribution in [0.1, 0.15) is 62.8 Å². The Kier molecular flexibility index (Phi) is 11.2. The molecule has 1 amide bonds. The molecule has 0 spiro atoms. The number of amides is 1. The van der Waals surface area contributed by atoms with Crippen LogP contribution in [0.2, 0.25) is 0 Å². The molecule has 1 atom stereocenters. The second-order valence-corrected chi connectivity index (χ2v) is 10.4. The fourth-order valence-corrected chi connectivity index (χ4v) is 5.15. The van der Waals surface area contributed by atoms with Crippen molar-refractivity contribution in [2.75, 3.05) is 32.8 Å². The van der Waals surface area contributed by atoms with Crippen molar-refractivity contribution in [1.29, 1.82) is 0 Å². The minimum atomic E-state index is -0.703. The van der Waals surface area contributed by atoms with Crippen LogP contribution in [-0.2, 0) is 16.2 Å². The second-order valence-electron chi connectivity index (χ2n) is 10.4. The van der Waals surface area contributed by atoms with E-state index in [2.05, 4.69) is 25.7 Å². The molecule has 1 unspecified atom stereocenters. The quantitative estimate of drug-likeness (QED) is 0.0960. The molecular weight excluding hydrogens is 528 g/mol. The highest BCUT2D eigenvalue weighted by Crippen LogP contribution is 2.40. The number of aliphatic hydroxyl groups excluding tert-OH is 1. The van der Waals surface area contributed by atoms with Gasteiger partial charge in [-0.15, -0.1) is 0 Å². The summed E-state index contributed by atoms with van der Waals surface area (Å²) in [7, 11) is 0. The van der Waals surface area contributed by atoms with Gasteiger partial charge in [-0.05, 0) is 80.0 Å². The third-order valence-electron chi connectivity index (χ3n) is 7.65. The molecule has 4 rings (SSSR count). The average molecular weight is 571 g/mol. The molecule has 1 N–H and O–H groups in total. The van der Waals surface area contributed by atoms with Crippen molar-refractivity contribution in [2.45, 2.75) is 52.7 Å². The Morgan fingerprint density at radius 1 is 0.833 bits per heavy atom. The molecule has 0 radical (unpaired) electrons. The summed E-state index contributed by atoms with van der Waals surface area (Å²) in [5, 5.41) is 11.4. The molecule has 0 bridgehead atoms. The number of hydrogen-bond donors (Lipinski definition) is 1. The topological polar surface area (TPSA) is 79.3 Å². The largest absolute Gasteiger partial charge is 0.507 e. The Morgan fingerprint density at radius 2 is 1.48 bits per heavy atom. The van der Waals surface area contributed by atoms with Crippen LogP contribution in [0.25, 0.3) is 5.76 Å². The summed E-state index contributed by atoms with van der Waals surface area (Å²) < 4.78 is 11.7. The first kappa shape index (κ1) is 30.8. The summed E-state index contributed by atoms with van der Waals surface area (Å²) in [6.45, 7) is 10.4. The molecule has 0 aromatic heterocycles. The molecule has 3 aromatic rings. The number of carbonyl (C=O) groups is 2. The van der Waals surface area contributed by atoms with E-state index in [0.717, 1.165) is 43.6 Å². The number of unbranched alkanes of at least 4 members (excludes halogenated alkanes) is 1. The standard InChI is InChI=1S/C35H42N2O5/c1-4-7-24-41-29-20-16-28(17-21-29)33(38)31-32(37(35(40)34(31)39)23-11-22-36(5-2)6-3)27-14-18-30(19-15-27)42-25-26-12-9-8-10-13-26/h8-10,12-21,32,38H,4-7,11,22-25H2,1-3H3/b33-31+. The molecule has 222 valence electrons. The Bertz CT molecular complexity index is 1330. The Labute approximate surface area is 249 Å². The lowest BCUT2D eigenvalue weighted by atomic mass is 9.95. The zero-order valence-electron chi connectivity index (χ0n) is 24.9. The van der Waals surface area contributed by atoms with Gasteiger partial charge in [-0.3, -0.25) is 9.59 Å². The first-order chi connectivity index (χ1) is 20.5. The molecule has 1 aliphatic heterocycles. The normalized spacial score (nSPS) is 16.3. The van der Waals surface area contributed by atoms with E-state index in [1.165, 1.54) is 0 Å². The average Bonchev–Trinajstić information content (AvgIpc) is 3.28. The third kappa shape index (κ3) is 7.59. The van der Waals surface area contributed by atoms with Crippen LogP contribution in [0.5, 0.6) is 11.5 Å². The maximum absolute atomic E-state index is 13.4. The predicted molar refractivity (Wildman–Crippen MR) is 165 cm³/mol. The van der Waals surface area contributed by atoms with Gasteiger partial charge in [0.2, 0.25) is 0 Å². The van der Waals surface area contributed by atoms with Crippen molar-refractivity contribution >= 4 is 17.4 Å². The summed E-state index contributed by atoms with van der Waals surface area (Å²) in [5.41, 5.74) is 2.36. The van der Waals surface area contributed by atoms with Crippen molar-refractivity contribution in [3.63, 3.8) is 0 Å². The van der Waals surface area contributed by atoms with Gasteiger partial charge >= 0.3 is 0 Å². The van der Waals surface area contributed by atoms with E-state index >= 15 is 0 Å². The number of rotatable bonds is 15. The number of hydrogen-bond acceptors (Lipinski definition) is 6. The molecule has 1 fully saturated rings. The van der Waals surface area contributed by atoms with Crippen LogP contribution in [0.3, 0.4) is 0 Å². The Morgan fingerprint density at radius 3 is 2.12 bits per heavy atom. The molecule has 0 saturated carbocycles. The predicted octanol–water partition coefficient (Wildman–Crippen LogP) is 6.60. The third-order valence-corrected chi connectivity index (χ3v) is 7.65. The first-order valence-corrected chi connectivity index (χ1v) is 15.0. The van der Waals surface area contributed by atoms with Crippen LogP contribution in [0, 0.1) is 0 Å². The number of Topliss-reactive ketones (excluding diaryl/α,β-unsaturated/α-hetero) is 1. The zero-order valence-corrected chi connectivity index (χ0v) is 24.9. The Balaban J connectivity index is 1.62. The molecule has 1 aliphatic rings. The van der Waals surface area contributed by atoms with Gasteiger partial charge in [0.1, 0.15) is 23.9 Å². The SMILES string of the molecule is CCCCOc1ccc(/C(O)=C2\C(=O)C(=O)N(CCCN(CC)CC)C2c2ccc(OCc3ccccc3)cc2)cc1. The summed E-state index contributed by atoms with van der Waals surface area (Å²) >= 11 is 0. The zero-order chi connectivity index (χ0) is 29.9. The lowest BCUT2D eigenvalue weighted by Gasteiger charge is -2.27. The van der Waals surface area contributed by atoms with E-state index in [1.54, 1.807) is 29.2 Å². The first-order valence-electron chi connectivity index (χ1n) is 15.0. The minimum absolute atomic E-state index is 0.0976. The number of aliphatic hydroxyl groups is 1. The lowest BCUT2D eigenvalue weighted by Crippen LogP contribution is -2.33. The molecule has 1 saturated heterocycles. The summed E-state index contributed by atoms with van der Waals surface area (Å²) in [6, 6.07) is 23.6. The van der Waals surface area contributed by atoms with E-state index in [1.807, 2.05) is 54.6 Å². The number of carbonyl (C=O) groups excluding carboxylic acids is 2. The van der Waals surface area contributed by atoms with E-state index in [4.69, 9.17) is 9.47 Å².